The second kappa shape index (κ2) is 9.53. The molecule has 0 bridgehead atoms. The molecule has 2 fully saturated rings. The van der Waals surface area contributed by atoms with Gasteiger partial charge >= 0.3 is 19.5 Å². The minimum atomic E-state index is -4.95. The van der Waals surface area contributed by atoms with E-state index in [4.69, 9.17) is 9.26 Å². The van der Waals surface area contributed by atoms with Crippen LogP contribution in [-0.2, 0) is 9.09 Å². The lowest BCUT2D eigenvalue weighted by molar-refractivity contribution is -0.385. The lowest BCUT2D eigenvalue weighted by atomic mass is 10.1. The molecule has 37 heavy (non-hydrogen) atoms. The zero-order valence-corrected chi connectivity index (χ0v) is 20.0. The maximum atomic E-state index is 14.1. The number of rotatable bonds is 9. The summed E-state index contributed by atoms with van der Waals surface area (Å²) in [4.78, 5) is 10.8. The average molecular weight is 537 g/mol. The van der Waals surface area contributed by atoms with Gasteiger partial charge in [-0.25, -0.2) is 13.7 Å². The molecule has 13 heteroatoms. The molecule has 8 nitrogen and oxygen atoms in total. The van der Waals surface area contributed by atoms with Gasteiger partial charge in [0.05, 0.1) is 4.92 Å². The lowest BCUT2D eigenvalue weighted by Gasteiger charge is -2.28. The Bertz CT molecular complexity index is 1360. The monoisotopic (exact) mass is 537 g/mol. The van der Waals surface area contributed by atoms with E-state index < -0.39 is 47.7 Å². The molecule has 2 heterocycles. The highest BCUT2D eigenvalue weighted by Crippen LogP contribution is 2.64. The molecule has 2 aliphatic rings. The molecule has 0 aromatic heterocycles. The predicted molar refractivity (Wildman–Crippen MR) is 126 cm³/mol. The third kappa shape index (κ3) is 5.52. The second-order valence-corrected chi connectivity index (χ2v) is 10.9. The molecule has 2 saturated heterocycles. The minimum Gasteiger partial charge on any atom is -0.450 e. The summed E-state index contributed by atoms with van der Waals surface area (Å²) in [5, 5.41) is 11.6. The van der Waals surface area contributed by atoms with Crippen LogP contribution in [0.2, 0.25) is 0 Å². The Hall–Kier alpha value is -3.31. The average Bonchev–Trinajstić information content (AvgIpc) is 3.75. The summed E-state index contributed by atoms with van der Waals surface area (Å²) >= 11 is 0. The molecule has 1 atom stereocenters. The van der Waals surface area contributed by atoms with Crippen molar-refractivity contribution in [1.82, 2.24) is 9.34 Å². The molecule has 2 aliphatic heterocycles. The van der Waals surface area contributed by atoms with E-state index in [-0.39, 0.29) is 5.75 Å². The zero-order valence-electron chi connectivity index (χ0n) is 19.1. The Labute approximate surface area is 208 Å². The van der Waals surface area contributed by atoms with Crippen molar-refractivity contribution in [3.05, 3.63) is 88.2 Å². The maximum absolute atomic E-state index is 14.1. The number of alkyl halides is 3. The second-order valence-electron chi connectivity index (χ2n) is 8.55. The van der Waals surface area contributed by atoms with Gasteiger partial charge in [0.2, 0.25) is 5.75 Å². The smallest absolute Gasteiger partial charge is 0.419 e. The van der Waals surface area contributed by atoms with Gasteiger partial charge in [0, 0.05) is 32.2 Å². The van der Waals surface area contributed by atoms with Crippen LogP contribution in [0.15, 0.2) is 66.7 Å². The lowest BCUT2D eigenvalue weighted by Crippen LogP contribution is -2.25. The molecular formula is C24H20F4N3O5P. The number of hydrogen-bond donors (Lipinski definition) is 0. The third-order valence-corrected chi connectivity index (χ3v) is 8.54. The predicted octanol–water partition coefficient (Wildman–Crippen LogP) is 6.55. The Balaban J connectivity index is 1.49. The minimum absolute atomic E-state index is 0.116. The van der Waals surface area contributed by atoms with Gasteiger partial charge in [-0.2, -0.15) is 13.2 Å². The van der Waals surface area contributed by atoms with Crippen molar-refractivity contribution in [3.63, 3.8) is 0 Å². The van der Waals surface area contributed by atoms with E-state index >= 15 is 0 Å². The van der Waals surface area contributed by atoms with E-state index in [0.29, 0.717) is 37.3 Å². The van der Waals surface area contributed by atoms with Crippen molar-refractivity contribution in [3.8, 4) is 22.6 Å². The first kappa shape index (κ1) is 25.3. The fraction of sp³-hybridized carbons (Fsp3) is 0.250. The SMILES string of the molecule is O=[N+]([O-])c1ccc(C(OP(=O)(N2CC2)N2CC2)C(F)(F)F)cc1Oc1cccc(-c2ccc(F)cc2)c1. The molecule has 1 unspecified atom stereocenters. The van der Waals surface area contributed by atoms with E-state index in [1.807, 2.05) is 0 Å². The summed E-state index contributed by atoms with van der Waals surface area (Å²) in [6.45, 7) is 1.43. The van der Waals surface area contributed by atoms with E-state index in [1.54, 1.807) is 12.1 Å². The molecule has 5 rings (SSSR count). The van der Waals surface area contributed by atoms with Gasteiger partial charge in [0.15, 0.2) is 6.10 Å². The van der Waals surface area contributed by atoms with Gasteiger partial charge in [-0.05, 0) is 53.1 Å². The first-order chi connectivity index (χ1) is 17.5. The van der Waals surface area contributed by atoms with Crippen LogP contribution in [0.25, 0.3) is 11.1 Å². The van der Waals surface area contributed by atoms with E-state index in [9.17, 15) is 32.2 Å². The summed E-state index contributed by atoms with van der Waals surface area (Å²) in [5.41, 5.74) is 0.205. The van der Waals surface area contributed by atoms with Gasteiger partial charge in [-0.15, -0.1) is 0 Å². The van der Waals surface area contributed by atoms with Crippen molar-refractivity contribution in [2.45, 2.75) is 12.3 Å². The van der Waals surface area contributed by atoms with Crippen molar-refractivity contribution >= 4 is 13.4 Å². The Kier molecular flexibility index (Phi) is 6.53. The Morgan fingerprint density at radius 2 is 1.57 bits per heavy atom. The highest BCUT2D eigenvalue weighted by molar-refractivity contribution is 7.54. The van der Waals surface area contributed by atoms with Gasteiger partial charge < -0.3 is 4.74 Å². The van der Waals surface area contributed by atoms with Gasteiger partial charge in [0.25, 0.3) is 0 Å². The first-order valence-corrected chi connectivity index (χ1v) is 12.8. The fourth-order valence-corrected chi connectivity index (χ4v) is 6.12. The van der Waals surface area contributed by atoms with E-state index in [1.165, 1.54) is 45.7 Å². The molecule has 0 amide bonds. The molecule has 0 saturated carbocycles. The highest BCUT2D eigenvalue weighted by atomic mass is 31.2. The van der Waals surface area contributed by atoms with Crippen molar-refractivity contribution < 1.29 is 36.3 Å². The summed E-state index contributed by atoms with van der Waals surface area (Å²) in [7, 11) is -3.87. The van der Waals surface area contributed by atoms with Crippen LogP contribution in [0.4, 0.5) is 23.2 Å². The van der Waals surface area contributed by atoms with Gasteiger partial charge in [-0.1, -0.05) is 24.3 Å². The third-order valence-electron chi connectivity index (χ3n) is 5.82. The molecule has 194 valence electrons. The van der Waals surface area contributed by atoms with Crippen molar-refractivity contribution in [1.29, 1.82) is 0 Å². The van der Waals surface area contributed by atoms with Crippen molar-refractivity contribution in [2.75, 3.05) is 26.2 Å². The number of nitrogens with zero attached hydrogens (tertiary/aromatic N) is 3. The number of nitro groups is 1. The maximum Gasteiger partial charge on any atom is 0.419 e. The summed E-state index contributed by atoms with van der Waals surface area (Å²) < 4.78 is 82.5. The van der Waals surface area contributed by atoms with Crippen LogP contribution < -0.4 is 4.74 Å². The standard InChI is InChI=1S/C24H20F4N3O5P/c25-19-7-4-16(5-8-19)17-2-1-3-20(14-17)35-22-15-18(6-9-21(22)31(32)33)23(24(26,27)28)36-37(34,29-10-11-29)30-12-13-30/h1-9,14-15,23H,10-13H2. The van der Waals surface area contributed by atoms with Gasteiger partial charge in [-0.3, -0.25) is 19.2 Å². The summed E-state index contributed by atoms with van der Waals surface area (Å²) in [6.07, 6.45) is -7.54. The van der Waals surface area contributed by atoms with Crippen LogP contribution in [0.3, 0.4) is 0 Å². The molecule has 3 aromatic carbocycles. The highest BCUT2D eigenvalue weighted by Gasteiger charge is 2.55. The molecule has 0 spiro atoms. The van der Waals surface area contributed by atoms with Gasteiger partial charge in [0.1, 0.15) is 11.6 Å². The zero-order chi connectivity index (χ0) is 26.4. The van der Waals surface area contributed by atoms with Crippen LogP contribution in [0.1, 0.15) is 11.7 Å². The topological polar surface area (TPSA) is 84.7 Å². The number of halogens is 4. The van der Waals surface area contributed by atoms with E-state index in [2.05, 4.69) is 0 Å². The molecule has 3 aromatic rings. The van der Waals surface area contributed by atoms with Crippen LogP contribution in [0.5, 0.6) is 11.5 Å². The molecule has 0 N–H and O–H groups in total. The molecular weight excluding hydrogens is 517 g/mol. The fourth-order valence-electron chi connectivity index (χ4n) is 3.79. The van der Waals surface area contributed by atoms with Crippen LogP contribution >= 0.6 is 7.67 Å². The number of nitro benzene ring substituents is 1. The van der Waals surface area contributed by atoms with Crippen LogP contribution in [-0.4, -0.2) is 46.6 Å². The molecule has 0 radical (unpaired) electrons. The largest absolute Gasteiger partial charge is 0.450 e. The quantitative estimate of drug-likeness (QED) is 0.101. The Morgan fingerprint density at radius 3 is 2.14 bits per heavy atom. The summed E-state index contributed by atoms with van der Waals surface area (Å²) in [5.74, 6) is -0.748. The number of ether oxygens (including phenoxy) is 1. The van der Waals surface area contributed by atoms with Crippen molar-refractivity contribution in [2.24, 2.45) is 0 Å². The summed E-state index contributed by atoms with van der Waals surface area (Å²) in [6, 6.07) is 14.6. The number of benzene rings is 3. The molecule has 0 aliphatic carbocycles. The first-order valence-electron chi connectivity index (χ1n) is 11.2. The normalized spacial score (nSPS) is 16.9. The van der Waals surface area contributed by atoms with E-state index in [0.717, 1.165) is 18.2 Å². The van der Waals surface area contributed by atoms with Crippen LogP contribution in [0, 0.1) is 15.9 Å². The number of hydrogen-bond acceptors (Lipinski definition) is 5. The Morgan fingerprint density at radius 1 is 0.919 bits per heavy atom.